The third-order valence-corrected chi connectivity index (χ3v) is 3.32. The standard InChI is InChI=1S/C14H18N2O4/c17-11-4-3-10(9-12(11)18)14(20)15-6-5-13(19)16-7-1-2-8-16/h3-4,9,17-18H,1-2,5-8H2,(H,15,20). The van der Waals surface area contributed by atoms with Crippen LogP contribution in [0.25, 0.3) is 0 Å². The van der Waals surface area contributed by atoms with Crippen molar-refractivity contribution in [2.75, 3.05) is 19.6 Å². The van der Waals surface area contributed by atoms with Gasteiger partial charge in [0.1, 0.15) is 0 Å². The van der Waals surface area contributed by atoms with Crippen molar-refractivity contribution in [3.05, 3.63) is 23.8 Å². The minimum atomic E-state index is -0.380. The molecule has 1 aliphatic rings. The second-order valence-electron chi connectivity index (χ2n) is 4.80. The maximum atomic E-state index is 11.8. The Morgan fingerprint density at radius 1 is 1.15 bits per heavy atom. The zero-order chi connectivity index (χ0) is 14.5. The minimum Gasteiger partial charge on any atom is -0.504 e. The SMILES string of the molecule is O=C(NCCC(=O)N1CCCC1)c1ccc(O)c(O)c1. The molecule has 20 heavy (non-hydrogen) atoms. The Morgan fingerprint density at radius 3 is 2.50 bits per heavy atom. The quantitative estimate of drug-likeness (QED) is 0.712. The van der Waals surface area contributed by atoms with Crippen LogP contribution < -0.4 is 5.32 Å². The van der Waals surface area contributed by atoms with Crippen LogP contribution in [0.5, 0.6) is 11.5 Å². The fourth-order valence-corrected chi connectivity index (χ4v) is 2.17. The molecule has 0 saturated carbocycles. The molecule has 0 radical (unpaired) electrons. The van der Waals surface area contributed by atoms with Gasteiger partial charge in [-0.15, -0.1) is 0 Å². The molecule has 1 fully saturated rings. The number of carbonyl (C=O) groups excluding carboxylic acids is 2. The van der Waals surface area contributed by atoms with E-state index >= 15 is 0 Å². The van der Waals surface area contributed by atoms with E-state index in [2.05, 4.69) is 5.32 Å². The highest BCUT2D eigenvalue weighted by atomic mass is 16.3. The average Bonchev–Trinajstić information content (AvgIpc) is 2.95. The Bertz CT molecular complexity index is 510. The van der Waals surface area contributed by atoms with Gasteiger partial charge >= 0.3 is 0 Å². The molecular weight excluding hydrogens is 260 g/mol. The molecule has 1 aliphatic heterocycles. The van der Waals surface area contributed by atoms with Gasteiger partial charge in [-0.05, 0) is 31.0 Å². The maximum Gasteiger partial charge on any atom is 0.251 e. The summed E-state index contributed by atoms with van der Waals surface area (Å²) in [6.07, 6.45) is 2.37. The van der Waals surface area contributed by atoms with E-state index in [-0.39, 0.29) is 41.8 Å². The summed E-state index contributed by atoms with van der Waals surface area (Å²) in [4.78, 5) is 25.3. The van der Waals surface area contributed by atoms with Crippen LogP contribution in [0.3, 0.4) is 0 Å². The normalized spacial score (nSPS) is 14.3. The van der Waals surface area contributed by atoms with E-state index in [0.717, 1.165) is 25.9 Å². The molecular formula is C14H18N2O4. The Kier molecular flexibility index (Phi) is 4.45. The number of amides is 2. The van der Waals surface area contributed by atoms with Crippen LogP contribution in [0.15, 0.2) is 18.2 Å². The minimum absolute atomic E-state index is 0.0522. The van der Waals surface area contributed by atoms with Crippen LogP contribution in [0, 0.1) is 0 Å². The number of nitrogens with zero attached hydrogens (tertiary/aromatic N) is 1. The Labute approximate surface area is 117 Å². The van der Waals surface area contributed by atoms with Crippen molar-refractivity contribution in [1.82, 2.24) is 10.2 Å². The van der Waals surface area contributed by atoms with Gasteiger partial charge in [0.05, 0.1) is 0 Å². The smallest absolute Gasteiger partial charge is 0.251 e. The van der Waals surface area contributed by atoms with E-state index in [1.54, 1.807) is 4.90 Å². The number of phenols is 2. The molecule has 0 unspecified atom stereocenters. The summed E-state index contributed by atoms with van der Waals surface area (Å²) in [7, 11) is 0. The summed E-state index contributed by atoms with van der Waals surface area (Å²) in [5.41, 5.74) is 0.244. The van der Waals surface area contributed by atoms with Gasteiger partial charge in [-0.3, -0.25) is 9.59 Å². The first kappa shape index (κ1) is 14.2. The third-order valence-electron chi connectivity index (χ3n) is 3.32. The van der Waals surface area contributed by atoms with E-state index in [1.807, 2.05) is 0 Å². The number of carbonyl (C=O) groups is 2. The molecule has 1 aromatic rings. The molecule has 0 bridgehead atoms. The van der Waals surface area contributed by atoms with Crippen LogP contribution in [0.4, 0.5) is 0 Å². The number of hydrogen-bond acceptors (Lipinski definition) is 4. The van der Waals surface area contributed by atoms with E-state index in [1.165, 1.54) is 18.2 Å². The lowest BCUT2D eigenvalue weighted by Gasteiger charge is -2.15. The van der Waals surface area contributed by atoms with Gasteiger partial charge in [-0.2, -0.15) is 0 Å². The summed E-state index contributed by atoms with van der Waals surface area (Å²) in [5.74, 6) is -0.942. The first-order chi connectivity index (χ1) is 9.58. The van der Waals surface area contributed by atoms with Crippen LogP contribution >= 0.6 is 0 Å². The lowest BCUT2D eigenvalue weighted by atomic mass is 10.2. The lowest BCUT2D eigenvalue weighted by molar-refractivity contribution is -0.129. The summed E-state index contributed by atoms with van der Waals surface area (Å²) < 4.78 is 0. The van der Waals surface area contributed by atoms with E-state index in [0.29, 0.717) is 0 Å². The zero-order valence-electron chi connectivity index (χ0n) is 11.1. The number of hydrogen-bond donors (Lipinski definition) is 3. The van der Waals surface area contributed by atoms with E-state index in [4.69, 9.17) is 5.11 Å². The molecule has 108 valence electrons. The monoisotopic (exact) mass is 278 g/mol. The highest BCUT2D eigenvalue weighted by molar-refractivity contribution is 5.95. The van der Waals surface area contributed by atoms with Gasteiger partial charge in [0.25, 0.3) is 5.91 Å². The molecule has 1 saturated heterocycles. The van der Waals surface area contributed by atoms with Gasteiger partial charge < -0.3 is 20.4 Å². The van der Waals surface area contributed by atoms with Crippen molar-refractivity contribution in [2.24, 2.45) is 0 Å². The summed E-state index contributed by atoms with van der Waals surface area (Å²) >= 11 is 0. The fourth-order valence-electron chi connectivity index (χ4n) is 2.17. The van der Waals surface area contributed by atoms with Gasteiger partial charge in [-0.1, -0.05) is 0 Å². The summed E-state index contributed by atoms with van der Waals surface area (Å²) in [5, 5.41) is 21.1. The van der Waals surface area contributed by atoms with Gasteiger partial charge in [0.2, 0.25) is 5.91 Å². The van der Waals surface area contributed by atoms with Crippen LogP contribution in [-0.2, 0) is 4.79 Å². The number of likely N-dealkylation sites (tertiary alicyclic amines) is 1. The summed E-state index contributed by atoms with van der Waals surface area (Å²) in [6, 6.07) is 3.85. The lowest BCUT2D eigenvalue weighted by Crippen LogP contribution is -2.32. The zero-order valence-corrected chi connectivity index (χ0v) is 11.1. The van der Waals surface area contributed by atoms with Crippen molar-refractivity contribution >= 4 is 11.8 Å². The molecule has 3 N–H and O–H groups in total. The van der Waals surface area contributed by atoms with Crippen LogP contribution in [-0.4, -0.2) is 46.6 Å². The first-order valence-electron chi connectivity index (χ1n) is 6.66. The van der Waals surface area contributed by atoms with Crippen molar-refractivity contribution in [1.29, 1.82) is 0 Å². The van der Waals surface area contributed by atoms with Crippen molar-refractivity contribution in [3.8, 4) is 11.5 Å². The van der Waals surface area contributed by atoms with Crippen molar-refractivity contribution < 1.29 is 19.8 Å². The second-order valence-corrected chi connectivity index (χ2v) is 4.80. The van der Waals surface area contributed by atoms with Gasteiger partial charge in [0, 0.05) is 31.6 Å². The van der Waals surface area contributed by atoms with Gasteiger partial charge in [0.15, 0.2) is 11.5 Å². The Balaban J connectivity index is 1.79. The van der Waals surface area contributed by atoms with Gasteiger partial charge in [-0.25, -0.2) is 0 Å². The highest BCUT2D eigenvalue weighted by Crippen LogP contribution is 2.24. The average molecular weight is 278 g/mol. The summed E-state index contributed by atoms with van der Waals surface area (Å²) in [6.45, 7) is 1.87. The first-order valence-corrected chi connectivity index (χ1v) is 6.66. The van der Waals surface area contributed by atoms with Crippen molar-refractivity contribution in [3.63, 3.8) is 0 Å². The molecule has 1 aromatic carbocycles. The molecule has 0 atom stereocenters. The van der Waals surface area contributed by atoms with Crippen LogP contribution in [0.2, 0.25) is 0 Å². The number of benzene rings is 1. The molecule has 2 rings (SSSR count). The molecule has 1 heterocycles. The molecule has 2 amide bonds. The molecule has 0 aromatic heterocycles. The molecule has 0 aliphatic carbocycles. The Morgan fingerprint density at radius 2 is 1.85 bits per heavy atom. The number of phenolic OH excluding ortho intramolecular Hbond substituents is 2. The molecule has 0 spiro atoms. The molecule has 6 nitrogen and oxygen atoms in total. The van der Waals surface area contributed by atoms with E-state index < -0.39 is 0 Å². The predicted octanol–water partition coefficient (Wildman–Crippen LogP) is 0.840. The number of nitrogens with one attached hydrogen (secondary N) is 1. The number of rotatable bonds is 4. The van der Waals surface area contributed by atoms with E-state index in [9.17, 15) is 14.7 Å². The Hall–Kier alpha value is -2.24. The number of aromatic hydroxyl groups is 2. The fraction of sp³-hybridized carbons (Fsp3) is 0.429. The molecule has 6 heteroatoms. The van der Waals surface area contributed by atoms with Crippen molar-refractivity contribution in [2.45, 2.75) is 19.3 Å². The highest BCUT2D eigenvalue weighted by Gasteiger charge is 2.17. The second kappa shape index (κ2) is 6.27. The van der Waals surface area contributed by atoms with Crippen LogP contribution in [0.1, 0.15) is 29.6 Å². The third kappa shape index (κ3) is 3.40. The maximum absolute atomic E-state index is 11.8. The predicted molar refractivity (Wildman–Crippen MR) is 72.5 cm³/mol. The topological polar surface area (TPSA) is 89.9 Å². The largest absolute Gasteiger partial charge is 0.504 e.